The van der Waals surface area contributed by atoms with Crippen LogP contribution in [0.1, 0.15) is 76.2 Å². The van der Waals surface area contributed by atoms with Crippen molar-refractivity contribution in [1.29, 1.82) is 0 Å². The molecule has 1 rings (SSSR count). The molecule has 0 atom stereocenters. The molecule has 1 aromatic carbocycles. The van der Waals surface area contributed by atoms with Crippen LogP contribution < -0.4 is 0 Å². The van der Waals surface area contributed by atoms with Crippen molar-refractivity contribution in [3.8, 4) is 0 Å². The molecule has 0 spiro atoms. The number of aryl methyl sites for hydroxylation is 1. The summed E-state index contributed by atoms with van der Waals surface area (Å²) in [6, 6.07) is 10.9. The zero-order chi connectivity index (χ0) is 15.9. The Morgan fingerprint density at radius 1 is 0.591 bits per heavy atom. The third-order valence-corrected chi connectivity index (χ3v) is 5.47. The van der Waals surface area contributed by atoms with E-state index < -0.39 is 0 Å². The van der Waals surface area contributed by atoms with E-state index in [1.165, 1.54) is 88.4 Å². The fourth-order valence-electron chi connectivity index (χ4n) is 2.96. The maximum Gasteiger partial charge on any atom is 0.107 e. The van der Waals surface area contributed by atoms with Crippen molar-refractivity contribution >= 4 is 10.9 Å². The summed E-state index contributed by atoms with van der Waals surface area (Å²) >= 11 is 0. The fraction of sp³-hybridized carbons (Fsp3) is 0.714. The molecule has 0 aliphatic carbocycles. The maximum absolute atomic E-state index is 2.36. The Kier molecular flexibility index (Phi) is 12.6. The first-order valence-electron chi connectivity index (χ1n) is 9.37. The SMILES string of the molecule is C[S+](C)CCCCCCCCCCCCCc1ccccc1. The van der Waals surface area contributed by atoms with E-state index in [1.54, 1.807) is 0 Å². The predicted molar refractivity (Wildman–Crippen MR) is 105 cm³/mol. The average Bonchev–Trinajstić information content (AvgIpc) is 2.52. The molecule has 0 fully saturated rings. The molecule has 0 nitrogen and oxygen atoms in total. The van der Waals surface area contributed by atoms with Crippen LogP contribution in [0.2, 0.25) is 0 Å². The largest absolute Gasteiger partial charge is 0.107 e. The molecule has 0 radical (unpaired) electrons. The summed E-state index contributed by atoms with van der Waals surface area (Å²) in [6.07, 6.45) is 21.9. The highest BCUT2D eigenvalue weighted by Gasteiger charge is 2.00. The number of hydrogen-bond donors (Lipinski definition) is 0. The Morgan fingerprint density at radius 3 is 1.55 bits per heavy atom. The van der Waals surface area contributed by atoms with Crippen LogP contribution in [-0.2, 0) is 17.3 Å². The summed E-state index contributed by atoms with van der Waals surface area (Å²) in [5.41, 5.74) is 1.50. The van der Waals surface area contributed by atoms with Gasteiger partial charge in [-0.1, -0.05) is 81.7 Å². The lowest BCUT2D eigenvalue weighted by Gasteiger charge is -2.03. The number of hydrogen-bond acceptors (Lipinski definition) is 0. The molecule has 126 valence electrons. The predicted octanol–water partition coefficient (Wildman–Crippen LogP) is 6.40. The molecule has 0 aromatic heterocycles. The maximum atomic E-state index is 2.36. The zero-order valence-corrected chi connectivity index (χ0v) is 15.8. The third kappa shape index (κ3) is 12.1. The molecule has 0 N–H and O–H groups in total. The van der Waals surface area contributed by atoms with Gasteiger partial charge in [0.1, 0.15) is 5.75 Å². The Labute approximate surface area is 142 Å². The molecule has 0 heterocycles. The lowest BCUT2D eigenvalue weighted by Crippen LogP contribution is -2.00. The van der Waals surface area contributed by atoms with Crippen molar-refractivity contribution in [2.24, 2.45) is 0 Å². The molecule has 0 amide bonds. The van der Waals surface area contributed by atoms with Crippen LogP contribution in [0.25, 0.3) is 0 Å². The highest BCUT2D eigenvalue weighted by atomic mass is 32.2. The quantitative estimate of drug-likeness (QED) is 0.275. The normalized spacial score (nSPS) is 11.2. The molecule has 0 unspecified atom stereocenters. The Bertz CT molecular complexity index is 331. The summed E-state index contributed by atoms with van der Waals surface area (Å²) in [5, 5.41) is 0. The molecule has 0 saturated carbocycles. The van der Waals surface area contributed by atoms with Crippen molar-refractivity contribution in [2.75, 3.05) is 18.3 Å². The highest BCUT2D eigenvalue weighted by Crippen LogP contribution is 2.13. The highest BCUT2D eigenvalue weighted by molar-refractivity contribution is 7.95. The van der Waals surface area contributed by atoms with E-state index in [0.29, 0.717) is 10.9 Å². The monoisotopic (exact) mass is 321 g/mol. The van der Waals surface area contributed by atoms with Crippen LogP contribution in [-0.4, -0.2) is 18.3 Å². The van der Waals surface area contributed by atoms with Crippen LogP contribution in [0.15, 0.2) is 30.3 Å². The van der Waals surface area contributed by atoms with Gasteiger partial charge < -0.3 is 0 Å². The second kappa shape index (κ2) is 14.2. The van der Waals surface area contributed by atoms with Crippen LogP contribution in [0.3, 0.4) is 0 Å². The molecule has 22 heavy (non-hydrogen) atoms. The number of benzene rings is 1. The molecule has 1 heteroatoms. The van der Waals surface area contributed by atoms with Crippen LogP contribution in [0, 0.1) is 0 Å². The van der Waals surface area contributed by atoms with Gasteiger partial charge in [-0.2, -0.15) is 0 Å². The lowest BCUT2D eigenvalue weighted by atomic mass is 10.0. The van der Waals surface area contributed by atoms with Gasteiger partial charge in [0.05, 0.1) is 12.5 Å². The van der Waals surface area contributed by atoms with Gasteiger partial charge in [-0.3, -0.25) is 0 Å². The second-order valence-corrected chi connectivity index (χ2v) is 9.19. The lowest BCUT2D eigenvalue weighted by molar-refractivity contribution is 0.550. The standard InChI is InChI=1S/C21H37S/c1-22(2)20-16-11-9-7-5-3-4-6-8-10-13-17-21-18-14-12-15-19-21/h12,14-15,18-19H,3-11,13,16-17,20H2,1-2H3/q+1. The van der Waals surface area contributed by atoms with Gasteiger partial charge in [0, 0.05) is 0 Å². The van der Waals surface area contributed by atoms with E-state index in [2.05, 4.69) is 42.8 Å². The van der Waals surface area contributed by atoms with Crippen LogP contribution in [0.5, 0.6) is 0 Å². The van der Waals surface area contributed by atoms with Gasteiger partial charge in [-0.05, 0) is 42.1 Å². The van der Waals surface area contributed by atoms with Crippen molar-refractivity contribution in [3.63, 3.8) is 0 Å². The Hall–Kier alpha value is -0.430. The van der Waals surface area contributed by atoms with Gasteiger partial charge in [-0.15, -0.1) is 0 Å². The van der Waals surface area contributed by atoms with Crippen molar-refractivity contribution in [1.82, 2.24) is 0 Å². The van der Waals surface area contributed by atoms with E-state index in [0.717, 1.165) is 0 Å². The average molecular weight is 322 g/mol. The summed E-state index contributed by atoms with van der Waals surface area (Å²) in [6.45, 7) is 0. The van der Waals surface area contributed by atoms with Gasteiger partial charge in [0.15, 0.2) is 0 Å². The summed E-state index contributed by atoms with van der Waals surface area (Å²) < 4.78 is 0. The Balaban J connectivity index is 1.75. The topological polar surface area (TPSA) is 0 Å². The van der Waals surface area contributed by atoms with E-state index in [9.17, 15) is 0 Å². The number of unbranched alkanes of at least 4 members (excludes halogenated alkanes) is 10. The Morgan fingerprint density at radius 2 is 1.05 bits per heavy atom. The minimum atomic E-state index is 0.657. The van der Waals surface area contributed by atoms with Gasteiger partial charge in [0.2, 0.25) is 0 Å². The zero-order valence-electron chi connectivity index (χ0n) is 15.0. The van der Waals surface area contributed by atoms with E-state index >= 15 is 0 Å². The first kappa shape index (κ1) is 19.6. The molecule has 0 bridgehead atoms. The van der Waals surface area contributed by atoms with Crippen molar-refractivity contribution in [3.05, 3.63) is 35.9 Å². The first-order valence-corrected chi connectivity index (χ1v) is 11.6. The molecule has 0 aliphatic rings. The van der Waals surface area contributed by atoms with Gasteiger partial charge >= 0.3 is 0 Å². The molecule has 0 saturated heterocycles. The molecule has 1 aromatic rings. The first-order chi connectivity index (χ1) is 10.8. The van der Waals surface area contributed by atoms with Crippen LogP contribution in [0.4, 0.5) is 0 Å². The summed E-state index contributed by atoms with van der Waals surface area (Å²) in [4.78, 5) is 0. The summed E-state index contributed by atoms with van der Waals surface area (Å²) in [7, 11) is 0.657. The smallest absolute Gasteiger partial charge is 0.0622 e. The van der Waals surface area contributed by atoms with E-state index in [-0.39, 0.29) is 0 Å². The molecular formula is C21H37S+. The second-order valence-electron chi connectivity index (χ2n) is 6.81. The number of rotatable bonds is 14. The summed E-state index contributed by atoms with van der Waals surface area (Å²) in [5.74, 6) is 1.45. The van der Waals surface area contributed by atoms with Crippen molar-refractivity contribution < 1.29 is 0 Å². The van der Waals surface area contributed by atoms with Gasteiger partial charge in [0.25, 0.3) is 0 Å². The fourth-order valence-corrected chi connectivity index (χ4v) is 3.74. The van der Waals surface area contributed by atoms with Crippen LogP contribution >= 0.6 is 0 Å². The van der Waals surface area contributed by atoms with E-state index in [1.807, 2.05) is 0 Å². The van der Waals surface area contributed by atoms with E-state index in [4.69, 9.17) is 0 Å². The third-order valence-electron chi connectivity index (χ3n) is 4.36. The molecular weight excluding hydrogens is 284 g/mol. The van der Waals surface area contributed by atoms with Gasteiger partial charge in [-0.25, -0.2) is 0 Å². The minimum Gasteiger partial charge on any atom is -0.0622 e. The molecule has 0 aliphatic heterocycles. The van der Waals surface area contributed by atoms with Crippen molar-refractivity contribution in [2.45, 2.75) is 77.0 Å². The minimum absolute atomic E-state index is 0.657.